The molecular formula is C27H37FN6S. The molecule has 2 saturated heterocycles. The smallest absolute Gasteiger partial charge is 0.232 e. The maximum absolute atomic E-state index is 13.5. The van der Waals surface area contributed by atoms with Crippen LogP contribution >= 0.6 is 12.2 Å². The first kappa shape index (κ1) is 24.2. The zero-order chi connectivity index (χ0) is 24.3. The summed E-state index contributed by atoms with van der Waals surface area (Å²) in [6, 6.07) is 9.12. The number of benzene rings is 1. The number of hydrogen-bond donors (Lipinski definition) is 2. The molecule has 6 nitrogen and oxygen atoms in total. The van der Waals surface area contributed by atoms with Gasteiger partial charge in [-0.2, -0.15) is 9.97 Å². The van der Waals surface area contributed by atoms with Gasteiger partial charge < -0.3 is 20.4 Å². The molecule has 2 aliphatic heterocycles. The SMILES string of the molecule is CC1CCN(c2cc(N3CCCC3)nc(NC(=S)NCC3(c4ccc(F)cc4)CCCC3)n2)CC1. The molecule has 5 rings (SSSR count). The third-order valence-corrected chi connectivity index (χ3v) is 8.31. The highest BCUT2D eigenvalue weighted by molar-refractivity contribution is 7.80. The standard InChI is InChI=1S/C27H37FN6S/c1-20-10-16-34(17-11-20)24-18-23(33-14-4-5-15-33)30-25(31-24)32-26(35)29-19-27(12-2-3-13-27)21-6-8-22(28)9-7-21/h6-9,18,20H,2-5,10-17,19H2,1H3,(H2,29,30,31,32,35). The number of rotatable bonds is 6. The van der Waals surface area contributed by atoms with Gasteiger partial charge in [0, 0.05) is 44.2 Å². The van der Waals surface area contributed by atoms with Crippen molar-refractivity contribution >= 4 is 34.9 Å². The Morgan fingerprint density at radius 2 is 1.57 bits per heavy atom. The molecule has 188 valence electrons. The summed E-state index contributed by atoms with van der Waals surface area (Å²) >= 11 is 5.69. The normalized spacial score (nSPS) is 20.3. The van der Waals surface area contributed by atoms with Crippen LogP contribution in [0.2, 0.25) is 0 Å². The molecule has 35 heavy (non-hydrogen) atoms. The highest BCUT2D eigenvalue weighted by Gasteiger charge is 2.35. The number of thiocarbonyl (C=S) groups is 1. The molecule has 3 fully saturated rings. The van der Waals surface area contributed by atoms with Gasteiger partial charge in [-0.25, -0.2) is 4.39 Å². The van der Waals surface area contributed by atoms with Crippen LogP contribution < -0.4 is 20.4 Å². The number of nitrogens with one attached hydrogen (secondary N) is 2. The van der Waals surface area contributed by atoms with Gasteiger partial charge in [0.25, 0.3) is 0 Å². The molecule has 3 heterocycles. The Hall–Kier alpha value is -2.48. The molecule has 0 bridgehead atoms. The predicted molar refractivity (Wildman–Crippen MR) is 145 cm³/mol. The summed E-state index contributed by atoms with van der Waals surface area (Å²) in [7, 11) is 0. The summed E-state index contributed by atoms with van der Waals surface area (Å²) in [5.74, 6) is 3.10. The second kappa shape index (κ2) is 10.6. The van der Waals surface area contributed by atoms with E-state index in [9.17, 15) is 4.39 Å². The second-order valence-electron chi connectivity index (χ2n) is 10.6. The van der Waals surface area contributed by atoms with Gasteiger partial charge in [-0.1, -0.05) is 31.9 Å². The first-order valence-electron chi connectivity index (χ1n) is 13.2. The fourth-order valence-corrected chi connectivity index (χ4v) is 5.97. The third-order valence-electron chi connectivity index (χ3n) is 8.07. The van der Waals surface area contributed by atoms with Crippen LogP contribution in [0.1, 0.15) is 63.9 Å². The van der Waals surface area contributed by atoms with E-state index >= 15 is 0 Å². The molecule has 0 amide bonds. The number of aromatic nitrogens is 2. The van der Waals surface area contributed by atoms with E-state index in [0.717, 1.165) is 56.6 Å². The van der Waals surface area contributed by atoms with Crippen molar-refractivity contribution in [2.75, 3.05) is 47.8 Å². The highest BCUT2D eigenvalue weighted by atomic mass is 32.1. The minimum absolute atomic E-state index is 0.0205. The quantitative estimate of drug-likeness (QED) is 0.530. The van der Waals surface area contributed by atoms with Crippen molar-refractivity contribution in [1.29, 1.82) is 0 Å². The maximum atomic E-state index is 13.5. The minimum Gasteiger partial charge on any atom is -0.361 e. The first-order valence-corrected chi connectivity index (χ1v) is 13.6. The minimum atomic E-state index is -0.193. The molecule has 1 aromatic carbocycles. The van der Waals surface area contributed by atoms with Crippen LogP contribution in [0.5, 0.6) is 0 Å². The Balaban J connectivity index is 1.30. The highest BCUT2D eigenvalue weighted by Crippen LogP contribution is 2.40. The number of halogens is 1. The fraction of sp³-hybridized carbons (Fsp3) is 0.593. The first-order chi connectivity index (χ1) is 17.0. The van der Waals surface area contributed by atoms with E-state index in [1.54, 1.807) is 12.1 Å². The molecule has 2 aromatic rings. The van der Waals surface area contributed by atoms with Crippen molar-refractivity contribution in [2.24, 2.45) is 5.92 Å². The van der Waals surface area contributed by atoms with Gasteiger partial charge in [0.1, 0.15) is 17.5 Å². The van der Waals surface area contributed by atoms with Crippen molar-refractivity contribution in [1.82, 2.24) is 15.3 Å². The van der Waals surface area contributed by atoms with Gasteiger partial charge in [0.05, 0.1) is 0 Å². The summed E-state index contributed by atoms with van der Waals surface area (Å²) in [5.41, 5.74) is 1.16. The zero-order valence-electron chi connectivity index (χ0n) is 20.7. The Kier molecular flexibility index (Phi) is 7.37. The van der Waals surface area contributed by atoms with E-state index in [2.05, 4.69) is 33.4 Å². The van der Waals surface area contributed by atoms with Crippen LogP contribution in [0, 0.1) is 11.7 Å². The summed E-state index contributed by atoms with van der Waals surface area (Å²) in [5, 5.41) is 7.26. The molecule has 1 aliphatic carbocycles. The van der Waals surface area contributed by atoms with Crippen LogP contribution in [0.3, 0.4) is 0 Å². The monoisotopic (exact) mass is 496 g/mol. The molecule has 0 unspecified atom stereocenters. The molecule has 1 saturated carbocycles. The summed E-state index contributed by atoms with van der Waals surface area (Å²) in [6.45, 7) is 7.17. The van der Waals surface area contributed by atoms with E-state index in [1.165, 1.54) is 44.1 Å². The molecule has 2 N–H and O–H groups in total. The van der Waals surface area contributed by atoms with E-state index in [1.807, 2.05) is 12.1 Å². The Labute approximate surface area is 213 Å². The van der Waals surface area contributed by atoms with Crippen LogP contribution in [0.4, 0.5) is 22.0 Å². The maximum Gasteiger partial charge on any atom is 0.232 e. The van der Waals surface area contributed by atoms with Gasteiger partial charge in [0.15, 0.2) is 5.11 Å². The van der Waals surface area contributed by atoms with Gasteiger partial charge >= 0.3 is 0 Å². The average molecular weight is 497 g/mol. The van der Waals surface area contributed by atoms with Crippen molar-refractivity contribution < 1.29 is 4.39 Å². The van der Waals surface area contributed by atoms with Gasteiger partial charge in [-0.15, -0.1) is 0 Å². The Morgan fingerprint density at radius 1 is 0.971 bits per heavy atom. The molecule has 0 spiro atoms. The summed E-state index contributed by atoms with van der Waals surface area (Å²) < 4.78 is 13.5. The predicted octanol–water partition coefficient (Wildman–Crippen LogP) is 5.25. The zero-order valence-corrected chi connectivity index (χ0v) is 21.5. The summed E-state index contributed by atoms with van der Waals surface area (Å²) in [6.07, 6.45) is 9.30. The number of piperidine rings is 1. The fourth-order valence-electron chi connectivity index (χ4n) is 5.80. The van der Waals surface area contributed by atoms with Crippen LogP contribution in [-0.4, -0.2) is 47.8 Å². The lowest BCUT2D eigenvalue weighted by atomic mass is 9.79. The molecule has 8 heteroatoms. The van der Waals surface area contributed by atoms with E-state index in [-0.39, 0.29) is 11.2 Å². The van der Waals surface area contributed by atoms with Crippen LogP contribution in [-0.2, 0) is 5.41 Å². The van der Waals surface area contributed by atoms with Crippen LogP contribution in [0.15, 0.2) is 30.3 Å². The average Bonchev–Trinajstić information content (AvgIpc) is 3.57. The molecule has 1 aromatic heterocycles. The van der Waals surface area contributed by atoms with E-state index in [4.69, 9.17) is 22.2 Å². The van der Waals surface area contributed by atoms with Crippen molar-refractivity contribution in [2.45, 2.75) is 63.7 Å². The van der Waals surface area contributed by atoms with E-state index < -0.39 is 0 Å². The molecule has 3 aliphatic rings. The lowest BCUT2D eigenvalue weighted by Gasteiger charge is -2.32. The largest absolute Gasteiger partial charge is 0.361 e. The Bertz CT molecular complexity index is 1010. The van der Waals surface area contributed by atoms with Crippen molar-refractivity contribution in [3.05, 3.63) is 41.7 Å². The Morgan fingerprint density at radius 3 is 2.20 bits per heavy atom. The number of nitrogens with zero attached hydrogens (tertiary/aromatic N) is 4. The molecular weight excluding hydrogens is 459 g/mol. The summed E-state index contributed by atoms with van der Waals surface area (Å²) in [4.78, 5) is 14.4. The second-order valence-corrected chi connectivity index (χ2v) is 11.0. The van der Waals surface area contributed by atoms with Crippen molar-refractivity contribution in [3.63, 3.8) is 0 Å². The number of hydrogen-bond acceptors (Lipinski definition) is 5. The molecule has 0 radical (unpaired) electrons. The van der Waals surface area contributed by atoms with Crippen molar-refractivity contribution in [3.8, 4) is 0 Å². The van der Waals surface area contributed by atoms with Gasteiger partial charge in [-0.3, -0.25) is 0 Å². The topological polar surface area (TPSA) is 56.3 Å². The van der Waals surface area contributed by atoms with Crippen LogP contribution in [0.25, 0.3) is 0 Å². The number of anilines is 3. The lowest BCUT2D eigenvalue weighted by Crippen LogP contribution is -2.41. The van der Waals surface area contributed by atoms with E-state index in [0.29, 0.717) is 17.6 Å². The lowest BCUT2D eigenvalue weighted by molar-refractivity contribution is 0.434. The van der Waals surface area contributed by atoms with Gasteiger partial charge in [0.2, 0.25) is 5.95 Å². The van der Waals surface area contributed by atoms with Gasteiger partial charge in [-0.05, 0) is 74.4 Å². The molecule has 0 atom stereocenters. The third kappa shape index (κ3) is 5.68.